The van der Waals surface area contributed by atoms with Gasteiger partial charge in [0, 0.05) is 6.04 Å². The van der Waals surface area contributed by atoms with Crippen molar-refractivity contribution >= 4 is 0 Å². The highest BCUT2D eigenvalue weighted by Crippen LogP contribution is 2.34. The molecule has 0 radical (unpaired) electrons. The molecule has 2 aliphatic carbocycles. The Labute approximate surface area is 93.8 Å². The molecular formula is C13H25NO. The molecule has 0 amide bonds. The average Bonchev–Trinajstić information content (AvgIpc) is 2.12. The van der Waals surface area contributed by atoms with Crippen molar-refractivity contribution < 1.29 is 4.74 Å². The Bertz CT molecular complexity index is 203. The number of hydrogen-bond donors (Lipinski definition) is 1. The molecule has 0 spiro atoms. The fourth-order valence-corrected chi connectivity index (χ4v) is 3.07. The topological polar surface area (TPSA) is 21.3 Å². The molecule has 0 aromatic heterocycles. The third-order valence-electron chi connectivity index (χ3n) is 4.16. The first kappa shape index (κ1) is 11.4. The van der Waals surface area contributed by atoms with Crippen LogP contribution in [0.3, 0.4) is 0 Å². The minimum atomic E-state index is 0.455. The maximum atomic E-state index is 6.23. The normalized spacial score (nSPS) is 42.6. The zero-order valence-corrected chi connectivity index (χ0v) is 10.3. The molecule has 2 aliphatic rings. The van der Waals surface area contributed by atoms with Gasteiger partial charge in [0.15, 0.2) is 0 Å². The summed E-state index contributed by atoms with van der Waals surface area (Å²) in [5.74, 6) is 1.56. The Hall–Kier alpha value is -0.0800. The lowest BCUT2D eigenvalue weighted by molar-refractivity contribution is -0.104. The second-order valence-electron chi connectivity index (χ2n) is 5.60. The molecule has 2 rings (SSSR count). The zero-order chi connectivity index (χ0) is 10.8. The van der Waals surface area contributed by atoms with Gasteiger partial charge in [-0.25, -0.2) is 0 Å². The predicted octanol–water partition coefficient (Wildman–Crippen LogP) is 2.58. The molecule has 2 heteroatoms. The van der Waals surface area contributed by atoms with Crippen LogP contribution in [0.4, 0.5) is 0 Å². The van der Waals surface area contributed by atoms with Gasteiger partial charge in [-0.1, -0.05) is 13.8 Å². The van der Waals surface area contributed by atoms with Gasteiger partial charge in [-0.2, -0.15) is 0 Å². The third-order valence-corrected chi connectivity index (χ3v) is 4.16. The predicted molar refractivity (Wildman–Crippen MR) is 62.9 cm³/mol. The second-order valence-corrected chi connectivity index (χ2v) is 5.60. The van der Waals surface area contributed by atoms with Crippen LogP contribution in [0.2, 0.25) is 0 Å². The maximum Gasteiger partial charge on any atom is 0.0757 e. The smallest absolute Gasteiger partial charge is 0.0757 e. The lowest BCUT2D eigenvalue weighted by Gasteiger charge is -2.42. The molecule has 0 saturated heterocycles. The Kier molecular flexibility index (Phi) is 3.68. The van der Waals surface area contributed by atoms with Gasteiger partial charge < -0.3 is 10.1 Å². The maximum absolute atomic E-state index is 6.23. The van der Waals surface area contributed by atoms with Crippen molar-refractivity contribution in [1.29, 1.82) is 0 Å². The largest absolute Gasteiger partial charge is 0.373 e. The van der Waals surface area contributed by atoms with Gasteiger partial charge in [-0.15, -0.1) is 0 Å². The van der Waals surface area contributed by atoms with E-state index in [9.17, 15) is 0 Å². The van der Waals surface area contributed by atoms with E-state index >= 15 is 0 Å². The van der Waals surface area contributed by atoms with E-state index in [1.807, 2.05) is 0 Å². The summed E-state index contributed by atoms with van der Waals surface area (Å²) >= 11 is 0. The minimum absolute atomic E-state index is 0.455. The van der Waals surface area contributed by atoms with E-state index in [-0.39, 0.29) is 0 Å². The summed E-state index contributed by atoms with van der Waals surface area (Å²) in [6.45, 7) is 4.71. The monoisotopic (exact) mass is 211 g/mol. The van der Waals surface area contributed by atoms with Crippen molar-refractivity contribution in [2.75, 3.05) is 7.05 Å². The molecule has 4 unspecified atom stereocenters. The van der Waals surface area contributed by atoms with E-state index in [0.717, 1.165) is 5.92 Å². The number of likely N-dealkylation sites (N-methyl/N-ethyl adjacent to an activating group) is 1. The fourth-order valence-electron chi connectivity index (χ4n) is 3.07. The summed E-state index contributed by atoms with van der Waals surface area (Å²) in [4.78, 5) is 0. The van der Waals surface area contributed by atoms with Gasteiger partial charge in [0.2, 0.25) is 0 Å². The summed E-state index contributed by atoms with van der Waals surface area (Å²) in [6.07, 6.45) is 7.57. The van der Waals surface area contributed by atoms with E-state index in [4.69, 9.17) is 4.74 Å². The van der Waals surface area contributed by atoms with E-state index in [2.05, 4.69) is 26.2 Å². The Morgan fingerprint density at radius 3 is 2.40 bits per heavy atom. The molecule has 0 heterocycles. The van der Waals surface area contributed by atoms with Crippen molar-refractivity contribution in [2.24, 2.45) is 11.8 Å². The highest BCUT2D eigenvalue weighted by molar-refractivity contribution is 4.89. The van der Waals surface area contributed by atoms with Gasteiger partial charge in [-0.05, 0) is 51.0 Å². The number of ether oxygens (including phenoxy) is 1. The van der Waals surface area contributed by atoms with Gasteiger partial charge >= 0.3 is 0 Å². The SMILES string of the molecule is CNC1CC(C)CC(C)C1OC1CCC1. The van der Waals surface area contributed by atoms with Crippen molar-refractivity contribution in [1.82, 2.24) is 5.32 Å². The average molecular weight is 211 g/mol. The van der Waals surface area contributed by atoms with Crippen molar-refractivity contribution in [3.05, 3.63) is 0 Å². The van der Waals surface area contributed by atoms with E-state index in [1.54, 1.807) is 0 Å². The highest BCUT2D eigenvalue weighted by Gasteiger charge is 2.36. The van der Waals surface area contributed by atoms with Crippen LogP contribution in [0.5, 0.6) is 0 Å². The lowest BCUT2D eigenvalue weighted by Crippen LogP contribution is -2.50. The Morgan fingerprint density at radius 1 is 1.13 bits per heavy atom. The molecule has 0 aliphatic heterocycles. The van der Waals surface area contributed by atoms with Crippen LogP contribution in [0.25, 0.3) is 0 Å². The van der Waals surface area contributed by atoms with Crippen LogP contribution < -0.4 is 5.32 Å². The quantitative estimate of drug-likeness (QED) is 0.774. The zero-order valence-electron chi connectivity index (χ0n) is 10.3. The molecule has 0 aromatic rings. The molecule has 15 heavy (non-hydrogen) atoms. The molecule has 4 atom stereocenters. The summed E-state index contributed by atoms with van der Waals surface area (Å²) in [7, 11) is 2.08. The molecule has 88 valence electrons. The number of rotatable bonds is 3. The first-order valence-corrected chi connectivity index (χ1v) is 6.53. The molecule has 0 bridgehead atoms. The fraction of sp³-hybridized carbons (Fsp3) is 1.00. The standard InChI is InChI=1S/C13H25NO/c1-9-7-10(2)13(12(8-9)14-3)15-11-5-4-6-11/h9-14H,4-8H2,1-3H3. The first-order chi connectivity index (χ1) is 7.20. The minimum Gasteiger partial charge on any atom is -0.373 e. The van der Waals surface area contributed by atoms with E-state index in [0.29, 0.717) is 24.2 Å². The van der Waals surface area contributed by atoms with Gasteiger partial charge in [0.1, 0.15) is 0 Å². The van der Waals surface area contributed by atoms with Gasteiger partial charge in [0.05, 0.1) is 12.2 Å². The molecule has 2 fully saturated rings. The molecule has 0 aromatic carbocycles. The first-order valence-electron chi connectivity index (χ1n) is 6.53. The molecule has 2 saturated carbocycles. The van der Waals surface area contributed by atoms with Crippen LogP contribution in [0, 0.1) is 11.8 Å². The van der Waals surface area contributed by atoms with Gasteiger partial charge in [-0.3, -0.25) is 0 Å². The van der Waals surface area contributed by atoms with Crippen LogP contribution >= 0.6 is 0 Å². The highest BCUT2D eigenvalue weighted by atomic mass is 16.5. The summed E-state index contributed by atoms with van der Waals surface area (Å²) < 4.78 is 6.23. The Morgan fingerprint density at radius 2 is 1.87 bits per heavy atom. The van der Waals surface area contributed by atoms with Crippen LogP contribution in [-0.2, 0) is 4.74 Å². The molecule has 2 nitrogen and oxygen atoms in total. The van der Waals surface area contributed by atoms with Crippen molar-refractivity contribution in [3.8, 4) is 0 Å². The van der Waals surface area contributed by atoms with E-state index < -0.39 is 0 Å². The molecule has 1 N–H and O–H groups in total. The second kappa shape index (κ2) is 4.84. The number of hydrogen-bond acceptors (Lipinski definition) is 2. The summed E-state index contributed by atoms with van der Waals surface area (Å²) in [6, 6.07) is 0.573. The van der Waals surface area contributed by atoms with Gasteiger partial charge in [0.25, 0.3) is 0 Å². The van der Waals surface area contributed by atoms with Crippen LogP contribution in [0.15, 0.2) is 0 Å². The van der Waals surface area contributed by atoms with Crippen molar-refractivity contribution in [3.63, 3.8) is 0 Å². The summed E-state index contributed by atoms with van der Waals surface area (Å²) in [5.41, 5.74) is 0. The number of nitrogens with one attached hydrogen (secondary N) is 1. The Balaban J connectivity index is 1.92. The lowest BCUT2D eigenvalue weighted by atomic mass is 9.77. The molecular weight excluding hydrogens is 186 g/mol. The van der Waals surface area contributed by atoms with Crippen LogP contribution in [-0.4, -0.2) is 25.3 Å². The van der Waals surface area contributed by atoms with E-state index in [1.165, 1.54) is 32.1 Å². The summed E-state index contributed by atoms with van der Waals surface area (Å²) in [5, 5.41) is 3.44. The third kappa shape index (κ3) is 2.54. The van der Waals surface area contributed by atoms with Crippen molar-refractivity contribution in [2.45, 2.75) is 64.2 Å². The van der Waals surface area contributed by atoms with Crippen LogP contribution in [0.1, 0.15) is 46.0 Å².